The Morgan fingerprint density at radius 2 is 1.28 bits per heavy atom. The highest BCUT2D eigenvalue weighted by atomic mass is 19.1. The van der Waals surface area contributed by atoms with Crippen molar-refractivity contribution >= 4 is 11.8 Å². The monoisotopic (exact) mass is 346 g/mol. The van der Waals surface area contributed by atoms with E-state index in [-0.39, 0.29) is 11.4 Å². The van der Waals surface area contributed by atoms with Crippen LogP contribution in [0.3, 0.4) is 0 Å². The summed E-state index contributed by atoms with van der Waals surface area (Å²) >= 11 is 0. The molecule has 0 atom stereocenters. The van der Waals surface area contributed by atoms with Gasteiger partial charge in [-0.1, -0.05) is 0 Å². The Balaban J connectivity index is 1.59. The Bertz CT molecular complexity index is 695. The second-order valence-electron chi connectivity index (χ2n) is 5.37. The molecule has 0 amide bonds. The fourth-order valence-electron chi connectivity index (χ4n) is 2.12. The Morgan fingerprint density at radius 3 is 1.76 bits per heavy atom. The minimum Gasteiger partial charge on any atom is -0.494 e. The molecule has 1 N–H and O–H groups in total. The van der Waals surface area contributed by atoms with E-state index in [9.17, 15) is 14.0 Å². The lowest BCUT2D eigenvalue weighted by molar-refractivity contribution is -0.131. The molecule has 0 heterocycles. The zero-order valence-electron chi connectivity index (χ0n) is 13.6. The van der Waals surface area contributed by atoms with Crippen LogP contribution in [0.4, 0.5) is 4.39 Å². The molecule has 5 nitrogen and oxygen atoms in total. The Labute approximate surface area is 145 Å². The van der Waals surface area contributed by atoms with Gasteiger partial charge in [-0.05, 0) is 67.8 Å². The van der Waals surface area contributed by atoms with Crippen LogP contribution in [0, 0.1) is 5.82 Å². The molecule has 0 bridgehead atoms. The molecule has 0 spiro atoms. The van der Waals surface area contributed by atoms with E-state index in [1.165, 1.54) is 24.3 Å². The highest BCUT2D eigenvalue weighted by Crippen LogP contribution is 2.14. The first-order chi connectivity index (χ1) is 12.1. The average molecular weight is 346 g/mol. The molecular formula is C19H19FO5. The first kappa shape index (κ1) is 18.4. The molecule has 132 valence electrons. The van der Waals surface area contributed by atoms with Gasteiger partial charge >= 0.3 is 5.97 Å². The number of carbonyl (C=O) groups is 2. The Morgan fingerprint density at radius 1 is 0.800 bits per heavy atom. The molecule has 2 aromatic carbocycles. The SMILES string of the molecule is O=C(O)C(=O)c1ccc(OCCCCCOc2ccc(F)cc2)cc1. The van der Waals surface area contributed by atoms with Gasteiger partial charge in [-0.3, -0.25) is 4.79 Å². The third-order valence-corrected chi connectivity index (χ3v) is 3.45. The van der Waals surface area contributed by atoms with E-state index in [0.29, 0.717) is 24.7 Å². The van der Waals surface area contributed by atoms with Crippen LogP contribution in [0.2, 0.25) is 0 Å². The van der Waals surface area contributed by atoms with Crippen molar-refractivity contribution in [1.82, 2.24) is 0 Å². The molecule has 0 aliphatic carbocycles. The molecule has 0 unspecified atom stereocenters. The van der Waals surface area contributed by atoms with Gasteiger partial charge in [-0.25, -0.2) is 9.18 Å². The first-order valence-corrected chi connectivity index (χ1v) is 7.95. The van der Waals surface area contributed by atoms with Crippen molar-refractivity contribution in [2.45, 2.75) is 19.3 Å². The van der Waals surface area contributed by atoms with Gasteiger partial charge in [0.15, 0.2) is 0 Å². The lowest BCUT2D eigenvalue weighted by atomic mass is 10.1. The van der Waals surface area contributed by atoms with Crippen LogP contribution in [0.25, 0.3) is 0 Å². The topological polar surface area (TPSA) is 72.8 Å². The molecule has 0 fully saturated rings. The van der Waals surface area contributed by atoms with E-state index in [4.69, 9.17) is 14.6 Å². The van der Waals surface area contributed by atoms with E-state index >= 15 is 0 Å². The van der Waals surface area contributed by atoms with Crippen molar-refractivity contribution in [1.29, 1.82) is 0 Å². The summed E-state index contributed by atoms with van der Waals surface area (Å²) in [5.41, 5.74) is 0.123. The summed E-state index contributed by atoms with van der Waals surface area (Å²) < 4.78 is 23.8. The zero-order chi connectivity index (χ0) is 18.1. The minimum absolute atomic E-state index is 0.123. The summed E-state index contributed by atoms with van der Waals surface area (Å²) in [6.07, 6.45) is 2.60. The average Bonchev–Trinajstić information content (AvgIpc) is 2.62. The van der Waals surface area contributed by atoms with E-state index in [1.54, 1.807) is 24.3 Å². The molecular weight excluding hydrogens is 327 g/mol. The van der Waals surface area contributed by atoms with Gasteiger partial charge in [0.25, 0.3) is 5.78 Å². The highest BCUT2D eigenvalue weighted by molar-refractivity contribution is 6.39. The van der Waals surface area contributed by atoms with E-state index in [0.717, 1.165) is 19.3 Å². The van der Waals surface area contributed by atoms with Crippen molar-refractivity contribution in [2.75, 3.05) is 13.2 Å². The van der Waals surface area contributed by atoms with Crippen molar-refractivity contribution in [3.8, 4) is 11.5 Å². The number of ether oxygens (including phenoxy) is 2. The third-order valence-electron chi connectivity index (χ3n) is 3.45. The maximum absolute atomic E-state index is 12.7. The van der Waals surface area contributed by atoms with Gasteiger partial charge in [0.05, 0.1) is 13.2 Å². The number of ketones is 1. The van der Waals surface area contributed by atoms with Crippen LogP contribution >= 0.6 is 0 Å². The molecule has 2 rings (SSSR count). The molecule has 0 radical (unpaired) electrons. The number of carboxylic acid groups (broad SMARTS) is 1. The zero-order valence-corrected chi connectivity index (χ0v) is 13.6. The summed E-state index contributed by atoms with van der Waals surface area (Å²) in [4.78, 5) is 21.8. The summed E-state index contributed by atoms with van der Waals surface area (Å²) in [6, 6.07) is 11.9. The van der Waals surface area contributed by atoms with Gasteiger partial charge in [0, 0.05) is 5.56 Å². The van der Waals surface area contributed by atoms with Gasteiger partial charge in [-0.15, -0.1) is 0 Å². The summed E-state index contributed by atoms with van der Waals surface area (Å²) in [7, 11) is 0. The maximum Gasteiger partial charge on any atom is 0.377 e. The quantitative estimate of drug-likeness (QED) is 0.403. The largest absolute Gasteiger partial charge is 0.494 e. The number of aliphatic carboxylic acids is 1. The van der Waals surface area contributed by atoms with Gasteiger partial charge < -0.3 is 14.6 Å². The molecule has 25 heavy (non-hydrogen) atoms. The van der Waals surface area contributed by atoms with Gasteiger partial charge in [0.2, 0.25) is 0 Å². The minimum atomic E-state index is -1.48. The van der Waals surface area contributed by atoms with Crippen molar-refractivity contribution in [3.63, 3.8) is 0 Å². The number of halogens is 1. The predicted octanol–water partition coefficient (Wildman–Crippen LogP) is 3.72. The fourth-order valence-corrected chi connectivity index (χ4v) is 2.12. The number of unbranched alkanes of at least 4 members (excludes halogenated alkanes) is 2. The second kappa shape index (κ2) is 9.42. The van der Waals surface area contributed by atoms with Crippen LogP contribution in [0.5, 0.6) is 11.5 Å². The van der Waals surface area contributed by atoms with Crippen LogP contribution in [0.1, 0.15) is 29.6 Å². The van der Waals surface area contributed by atoms with E-state index in [2.05, 4.69) is 0 Å². The molecule has 2 aromatic rings. The standard InChI is InChI=1S/C19H19FO5/c20-15-6-10-17(11-7-15)25-13-3-1-2-12-24-16-8-4-14(5-9-16)18(21)19(22)23/h4-11H,1-3,12-13H2,(H,22,23). The smallest absolute Gasteiger partial charge is 0.377 e. The lowest BCUT2D eigenvalue weighted by Gasteiger charge is -2.08. The number of rotatable bonds is 10. The predicted molar refractivity (Wildman–Crippen MR) is 89.6 cm³/mol. The lowest BCUT2D eigenvalue weighted by Crippen LogP contribution is -2.12. The third kappa shape index (κ3) is 6.25. The number of hydrogen-bond donors (Lipinski definition) is 1. The fraction of sp³-hybridized carbons (Fsp3) is 0.263. The molecule has 0 aliphatic rings. The van der Waals surface area contributed by atoms with Crippen molar-refractivity contribution in [2.24, 2.45) is 0 Å². The molecule has 0 aliphatic heterocycles. The van der Waals surface area contributed by atoms with E-state index in [1.807, 2.05) is 0 Å². The van der Waals surface area contributed by atoms with Crippen LogP contribution in [-0.4, -0.2) is 30.1 Å². The number of carbonyl (C=O) groups excluding carboxylic acids is 1. The van der Waals surface area contributed by atoms with Crippen LogP contribution in [-0.2, 0) is 4.79 Å². The normalized spacial score (nSPS) is 10.3. The van der Waals surface area contributed by atoms with Gasteiger partial charge in [-0.2, -0.15) is 0 Å². The van der Waals surface area contributed by atoms with Crippen molar-refractivity contribution in [3.05, 3.63) is 59.9 Å². The molecule has 0 saturated heterocycles. The second-order valence-corrected chi connectivity index (χ2v) is 5.37. The summed E-state index contributed by atoms with van der Waals surface area (Å²) in [5.74, 6) is -1.47. The molecule has 0 aromatic heterocycles. The Hall–Kier alpha value is -2.89. The highest BCUT2D eigenvalue weighted by Gasteiger charge is 2.13. The number of benzene rings is 2. The van der Waals surface area contributed by atoms with Crippen LogP contribution < -0.4 is 9.47 Å². The van der Waals surface area contributed by atoms with E-state index < -0.39 is 11.8 Å². The van der Waals surface area contributed by atoms with Crippen LogP contribution in [0.15, 0.2) is 48.5 Å². The Kier molecular flexibility index (Phi) is 6.95. The first-order valence-electron chi connectivity index (χ1n) is 7.95. The molecule has 6 heteroatoms. The summed E-state index contributed by atoms with van der Waals surface area (Å²) in [5, 5.41) is 8.63. The molecule has 0 saturated carbocycles. The van der Waals surface area contributed by atoms with Gasteiger partial charge in [0.1, 0.15) is 17.3 Å². The number of Topliss-reactive ketones (excluding diaryl/α,β-unsaturated/α-hetero) is 1. The van der Waals surface area contributed by atoms with Crippen molar-refractivity contribution < 1.29 is 28.6 Å². The summed E-state index contributed by atoms with van der Waals surface area (Å²) in [6.45, 7) is 1.07. The number of hydrogen-bond acceptors (Lipinski definition) is 4. The number of carboxylic acids is 1. The maximum atomic E-state index is 12.7.